The van der Waals surface area contributed by atoms with Crippen LogP contribution in [0.5, 0.6) is 5.75 Å². The molecular weight excluding hydrogens is 306 g/mol. The lowest BCUT2D eigenvalue weighted by atomic mass is 10.2. The largest absolute Gasteiger partial charge is 0.479 e. The summed E-state index contributed by atoms with van der Waals surface area (Å²) < 4.78 is 32.5. The molecule has 22 heavy (non-hydrogen) atoms. The smallest absolute Gasteiger partial charge is 0.267 e. The van der Waals surface area contributed by atoms with Crippen LogP contribution < -0.4 is 20.1 Å². The summed E-state index contributed by atoms with van der Waals surface area (Å²) in [7, 11) is -3.63. The van der Waals surface area contributed by atoms with Crippen LogP contribution in [-0.4, -0.2) is 40.1 Å². The number of carbonyl (C=O) groups excluding carboxylic acids is 1. The zero-order valence-corrected chi connectivity index (χ0v) is 13.5. The van der Waals surface area contributed by atoms with Crippen molar-refractivity contribution in [3.8, 4) is 5.75 Å². The van der Waals surface area contributed by atoms with Gasteiger partial charge < -0.3 is 15.4 Å². The number of hydrogen-bond acceptors (Lipinski definition) is 5. The third kappa shape index (κ3) is 3.23. The molecule has 0 fully saturated rings. The summed E-state index contributed by atoms with van der Waals surface area (Å²) in [6, 6.07) is 4.52. The molecule has 1 heterocycles. The van der Waals surface area contributed by atoms with Gasteiger partial charge >= 0.3 is 0 Å². The highest BCUT2D eigenvalue weighted by molar-refractivity contribution is 7.89. The van der Waals surface area contributed by atoms with E-state index in [-0.39, 0.29) is 17.3 Å². The molecule has 0 radical (unpaired) electrons. The van der Waals surface area contributed by atoms with Crippen molar-refractivity contribution >= 4 is 21.6 Å². The molecule has 1 aromatic carbocycles. The highest BCUT2D eigenvalue weighted by Crippen LogP contribution is 2.35. The number of benzene rings is 1. The highest BCUT2D eigenvalue weighted by Gasteiger charge is 2.31. The highest BCUT2D eigenvalue weighted by atomic mass is 32.2. The summed E-state index contributed by atoms with van der Waals surface area (Å²) >= 11 is 0. The molecule has 1 unspecified atom stereocenters. The van der Waals surface area contributed by atoms with Crippen molar-refractivity contribution in [1.29, 1.82) is 0 Å². The summed E-state index contributed by atoms with van der Waals surface area (Å²) in [6.45, 7) is 4.65. The Morgan fingerprint density at radius 2 is 2.14 bits per heavy atom. The maximum atomic E-state index is 12.2. The summed E-state index contributed by atoms with van der Waals surface area (Å²) in [5.41, 5.74) is 5.84. The van der Waals surface area contributed by atoms with E-state index in [2.05, 4.69) is 4.72 Å². The summed E-state index contributed by atoms with van der Waals surface area (Å²) in [4.78, 5) is 13.7. The number of anilines is 1. The normalized spacial score (nSPS) is 18.0. The van der Waals surface area contributed by atoms with E-state index in [4.69, 9.17) is 10.5 Å². The Hall–Kier alpha value is -1.64. The fourth-order valence-corrected chi connectivity index (χ4v) is 3.37. The van der Waals surface area contributed by atoms with Gasteiger partial charge in [0, 0.05) is 13.1 Å². The van der Waals surface area contributed by atoms with E-state index >= 15 is 0 Å². The van der Waals surface area contributed by atoms with E-state index < -0.39 is 16.1 Å². The zero-order chi connectivity index (χ0) is 16.3. The van der Waals surface area contributed by atoms with Crippen LogP contribution in [0, 0.1) is 0 Å². The number of hydrogen-bond donors (Lipinski definition) is 2. The number of likely N-dealkylation sites (N-methyl/N-ethyl adjacent to an activating group) is 1. The van der Waals surface area contributed by atoms with E-state index in [9.17, 15) is 13.2 Å². The van der Waals surface area contributed by atoms with Crippen LogP contribution in [0.1, 0.15) is 20.3 Å². The lowest BCUT2D eigenvalue weighted by Crippen LogP contribution is -2.44. The quantitative estimate of drug-likeness (QED) is 0.739. The lowest BCUT2D eigenvalue weighted by Gasteiger charge is -2.32. The molecule has 0 spiro atoms. The molecule has 0 saturated carbocycles. The van der Waals surface area contributed by atoms with Crippen LogP contribution in [0.3, 0.4) is 0 Å². The first-order chi connectivity index (χ1) is 10.4. The van der Waals surface area contributed by atoms with E-state index in [0.717, 1.165) is 0 Å². The van der Waals surface area contributed by atoms with Gasteiger partial charge in [-0.1, -0.05) is 0 Å². The predicted octanol–water partition coefficient (Wildman–Crippen LogP) is 0.448. The third-order valence-electron chi connectivity index (χ3n) is 3.44. The fraction of sp³-hybridized carbons (Fsp3) is 0.500. The van der Waals surface area contributed by atoms with Crippen molar-refractivity contribution < 1.29 is 17.9 Å². The second-order valence-corrected chi connectivity index (χ2v) is 6.78. The molecule has 8 heteroatoms. The van der Waals surface area contributed by atoms with Crippen LogP contribution in [-0.2, 0) is 14.8 Å². The SMILES string of the molecule is CCN1C(=O)C(C)Oc2ccc(S(=O)(=O)NCCCN)cc21. The van der Waals surface area contributed by atoms with Crippen molar-refractivity contribution in [2.75, 3.05) is 24.5 Å². The number of carbonyl (C=O) groups is 1. The zero-order valence-electron chi connectivity index (χ0n) is 12.7. The minimum absolute atomic E-state index is 0.104. The number of ether oxygens (including phenoxy) is 1. The molecule has 1 aliphatic heterocycles. The van der Waals surface area contributed by atoms with Crippen molar-refractivity contribution in [3.63, 3.8) is 0 Å². The maximum absolute atomic E-state index is 12.2. The van der Waals surface area contributed by atoms with Gasteiger partial charge in [0.2, 0.25) is 10.0 Å². The average molecular weight is 327 g/mol. The van der Waals surface area contributed by atoms with Gasteiger partial charge in [0.05, 0.1) is 10.6 Å². The fourth-order valence-electron chi connectivity index (χ4n) is 2.27. The van der Waals surface area contributed by atoms with Crippen molar-refractivity contribution in [2.45, 2.75) is 31.3 Å². The van der Waals surface area contributed by atoms with Crippen molar-refractivity contribution in [3.05, 3.63) is 18.2 Å². The molecule has 7 nitrogen and oxygen atoms in total. The molecule has 1 aromatic rings. The molecule has 2 rings (SSSR count). The average Bonchev–Trinajstić information content (AvgIpc) is 2.48. The monoisotopic (exact) mass is 327 g/mol. The van der Waals surface area contributed by atoms with Gasteiger partial charge in [-0.15, -0.1) is 0 Å². The Morgan fingerprint density at radius 1 is 1.41 bits per heavy atom. The number of amides is 1. The first kappa shape index (κ1) is 16.7. The Balaban J connectivity index is 2.35. The Morgan fingerprint density at radius 3 is 2.77 bits per heavy atom. The summed E-state index contributed by atoms with van der Waals surface area (Å²) in [5, 5.41) is 0. The number of nitrogens with two attached hydrogens (primary N) is 1. The molecule has 1 aliphatic rings. The van der Waals surface area contributed by atoms with Crippen LogP contribution in [0.25, 0.3) is 0 Å². The number of nitrogens with one attached hydrogen (secondary N) is 1. The van der Waals surface area contributed by atoms with Crippen molar-refractivity contribution in [1.82, 2.24) is 4.72 Å². The molecular formula is C14H21N3O4S. The molecule has 1 atom stereocenters. The first-order valence-corrected chi connectivity index (χ1v) is 8.71. The second-order valence-electron chi connectivity index (χ2n) is 5.01. The lowest BCUT2D eigenvalue weighted by molar-refractivity contribution is -0.125. The molecule has 3 N–H and O–H groups in total. The summed E-state index contributed by atoms with van der Waals surface area (Å²) in [5.74, 6) is 0.329. The van der Waals surface area contributed by atoms with E-state index in [1.165, 1.54) is 17.0 Å². The molecule has 0 bridgehead atoms. The summed E-state index contributed by atoms with van der Waals surface area (Å²) in [6.07, 6.45) is -0.0118. The Labute approximate surface area is 130 Å². The number of sulfonamides is 1. The van der Waals surface area contributed by atoms with Gasteiger partial charge in [0.15, 0.2) is 6.10 Å². The maximum Gasteiger partial charge on any atom is 0.267 e. The molecule has 1 amide bonds. The molecule has 0 aromatic heterocycles. The van der Waals surface area contributed by atoms with Gasteiger partial charge in [0.25, 0.3) is 5.91 Å². The van der Waals surface area contributed by atoms with Crippen LogP contribution in [0.15, 0.2) is 23.1 Å². The van der Waals surface area contributed by atoms with E-state index in [1.54, 1.807) is 13.0 Å². The number of fused-ring (bicyclic) bond motifs is 1. The Bertz CT molecular complexity index is 660. The van der Waals surface area contributed by atoms with E-state index in [1.807, 2.05) is 6.92 Å². The van der Waals surface area contributed by atoms with Gasteiger partial charge in [-0.3, -0.25) is 4.79 Å². The Kier molecular flexibility index (Phi) is 5.05. The minimum Gasteiger partial charge on any atom is -0.479 e. The van der Waals surface area contributed by atoms with Crippen LogP contribution in [0.4, 0.5) is 5.69 Å². The standard InChI is InChI=1S/C14H21N3O4S/c1-3-17-12-9-11(22(19,20)16-8-4-7-15)5-6-13(12)21-10(2)14(17)18/h5-6,9-10,16H,3-4,7-8,15H2,1-2H3. The van der Waals surface area contributed by atoms with Crippen molar-refractivity contribution in [2.24, 2.45) is 5.73 Å². The molecule has 0 aliphatic carbocycles. The van der Waals surface area contributed by atoms with Gasteiger partial charge in [-0.05, 0) is 45.0 Å². The molecule has 0 saturated heterocycles. The van der Waals surface area contributed by atoms with Crippen LogP contribution in [0.2, 0.25) is 0 Å². The third-order valence-corrected chi connectivity index (χ3v) is 4.90. The molecule has 122 valence electrons. The van der Waals surface area contributed by atoms with Gasteiger partial charge in [0.1, 0.15) is 5.75 Å². The van der Waals surface area contributed by atoms with E-state index in [0.29, 0.717) is 30.9 Å². The first-order valence-electron chi connectivity index (χ1n) is 7.22. The van der Waals surface area contributed by atoms with Gasteiger partial charge in [-0.2, -0.15) is 0 Å². The van der Waals surface area contributed by atoms with Crippen LogP contribution >= 0.6 is 0 Å². The second kappa shape index (κ2) is 6.64. The van der Waals surface area contributed by atoms with Gasteiger partial charge in [-0.25, -0.2) is 13.1 Å². The number of nitrogens with zero attached hydrogens (tertiary/aromatic N) is 1. The number of rotatable bonds is 6. The topological polar surface area (TPSA) is 102 Å². The predicted molar refractivity (Wildman–Crippen MR) is 83.4 cm³/mol. The minimum atomic E-state index is -3.63.